The minimum Gasteiger partial charge on any atom is -0.383 e. The van der Waals surface area contributed by atoms with E-state index in [1.807, 2.05) is 0 Å². The molecule has 5 heteroatoms. The van der Waals surface area contributed by atoms with Gasteiger partial charge >= 0.3 is 0 Å². The zero-order chi connectivity index (χ0) is 10.1. The van der Waals surface area contributed by atoms with E-state index < -0.39 is 0 Å². The Hall–Kier alpha value is -0.650. The van der Waals surface area contributed by atoms with Crippen LogP contribution in [0.4, 0.5) is 0 Å². The molecule has 0 fully saturated rings. The summed E-state index contributed by atoms with van der Waals surface area (Å²) in [5.74, 6) is 0.0148. The zero-order valence-corrected chi connectivity index (χ0v) is 8.50. The third-order valence-electron chi connectivity index (χ3n) is 1.59. The van der Waals surface area contributed by atoms with Crippen molar-refractivity contribution in [3.63, 3.8) is 0 Å². The molecule has 0 atom stereocenters. The molecule has 0 rings (SSSR count). The monoisotopic (exact) mass is 190 g/mol. The van der Waals surface area contributed by atoms with Gasteiger partial charge in [0.15, 0.2) is 0 Å². The molecule has 0 saturated heterocycles. The van der Waals surface area contributed by atoms with Crippen molar-refractivity contribution in [2.75, 3.05) is 41.0 Å². The Labute approximate surface area is 78.9 Å². The van der Waals surface area contributed by atoms with Gasteiger partial charge in [-0.25, -0.2) is 0 Å². The minimum atomic E-state index is 0.0148. The van der Waals surface area contributed by atoms with Crippen LogP contribution >= 0.6 is 0 Å². The van der Waals surface area contributed by atoms with Crippen LogP contribution in [0.2, 0.25) is 0 Å². The standard InChI is InChI=1S/C8H18N2O3/c1-10(13-3)6-4-8(11)9-5-7-12-2/h4-7H2,1-3H3,(H,9,11). The maximum atomic E-state index is 11.1. The Morgan fingerprint density at radius 3 is 2.69 bits per heavy atom. The fourth-order valence-electron chi connectivity index (χ4n) is 0.731. The molecule has 0 aromatic carbocycles. The fourth-order valence-corrected chi connectivity index (χ4v) is 0.731. The second-order valence-electron chi connectivity index (χ2n) is 2.63. The van der Waals surface area contributed by atoms with Gasteiger partial charge in [-0.1, -0.05) is 0 Å². The summed E-state index contributed by atoms with van der Waals surface area (Å²) in [5.41, 5.74) is 0. The van der Waals surface area contributed by atoms with E-state index >= 15 is 0 Å². The lowest BCUT2D eigenvalue weighted by atomic mass is 10.4. The molecule has 0 unspecified atom stereocenters. The van der Waals surface area contributed by atoms with E-state index in [0.717, 1.165) is 0 Å². The highest BCUT2D eigenvalue weighted by Gasteiger charge is 2.02. The number of carbonyl (C=O) groups excluding carboxylic acids is 1. The van der Waals surface area contributed by atoms with Crippen molar-refractivity contribution in [2.24, 2.45) is 0 Å². The number of methoxy groups -OCH3 is 1. The molecule has 0 saturated carbocycles. The summed E-state index contributed by atoms with van der Waals surface area (Å²) in [7, 11) is 4.95. The number of carbonyl (C=O) groups is 1. The summed E-state index contributed by atoms with van der Waals surface area (Å²) in [6.45, 7) is 1.70. The van der Waals surface area contributed by atoms with Crippen molar-refractivity contribution in [3.8, 4) is 0 Å². The first-order valence-corrected chi connectivity index (χ1v) is 4.21. The van der Waals surface area contributed by atoms with Crippen molar-refractivity contribution in [2.45, 2.75) is 6.42 Å². The molecule has 0 aliphatic heterocycles. The summed E-state index contributed by atoms with van der Waals surface area (Å²) >= 11 is 0. The largest absolute Gasteiger partial charge is 0.383 e. The SMILES string of the molecule is COCCNC(=O)CCN(C)OC. The Morgan fingerprint density at radius 1 is 1.46 bits per heavy atom. The average molecular weight is 190 g/mol. The number of nitrogens with one attached hydrogen (secondary N) is 1. The topological polar surface area (TPSA) is 50.8 Å². The van der Waals surface area contributed by atoms with Crippen LogP contribution in [0, 0.1) is 0 Å². The van der Waals surface area contributed by atoms with Crippen molar-refractivity contribution < 1.29 is 14.4 Å². The second-order valence-corrected chi connectivity index (χ2v) is 2.63. The van der Waals surface area contributed by atoms with Gasteiger partial charge in [-0.05, 0) is 0 Å². The lowest BCUT2D eigenvalue weighted by Crippen LogP contribution is -2.30. The smallest absolute Gasteiger partial charge is 0.221 e. The van der Waals surface area contributed by atoms with Gasteiger partial charge in [0.05, 0.1) is 13.7 Å². The number of hydrogen-bond donors (Lipinski definition) is 1. The fraction of sp³-hybridized carbons (Fsp3) is 0.875. The Bertz CT molecular complexity index is 141. The third kappa shape index (κ3) is 7.70. The molecule has 0 aromatic rings. The molecule has 0 spiro atoms. The minimum absolute atomic E-state index is 0.0148. The van der Waals surface area contributed by atoms with Crippen LogP contribution in [-0.4, -0.2) is 51.9 Å². The lowest BCUT2D eigenvalue weighted by Gasteiger charge is -2.12. The van der Waals surface area contributed by atoms with Crippen molar-refractivity contribution in [1.29, 1.82) is 0 Å². The quantitative estimate of drug-likeness (QED) is 0.439. The molecule has 0 radical (unpaired) electrons. The van der Waals surface area contributed by atoms with Crippen LogP contribution in [0.5, 0.6) is 0 Å². The first-order chi connectivity index (χ1) is 6.20. The van der Waals surface area contributed by atoms with Crippen LogP contribution < -0.4 is 5.32 Å². The van der Waals surface area contributed by atoms with Crippen molar-refractivity contribution in [1.82, 2.24) is 10.4 Å². The van der Waals surface area contributed by atoms with E-state index in [9.17, 15) is 4.79 Å². The molecular formula is C8H18N2O3. The van der Waals surface area contributed by atoms with Gasteiger partial charge < -0.3 is 14.9 Å². The van der Waals surface area contributed by atoms with E-state index in [1.54, 1.807) is 26.3 Å². The first kappa shape index (κ1) is 12.3. The molecule has 78 valence electrons. The van der Waals surface area contributed by atoms with E-state index in [-0.39, 0.29) is 5.91 Å². The van der Waals surface area contributed by atoms with Gasteiger partial charge in [-0.3, -0.25) is 4.79 Å². The van der Waals surface area contributed by atoms with Crippen molar-refractivity contribution in [3.05, 3.63) is 0 Å². The Balaban J connectivity index is 3.30. The number of nitrogens with zero attached hydrogens (tertiary/aromatic N) is 1. The van der Waals surface area contributed by atoms with E-state index in [2.05, 4.69) is 5.32 Å². The molecule has 0 bridgehead atoms. The van der Waals surface area contributed by atoms with Crippen molar-refractivity contribution >= 4 is 5.91 Å². The summed E-state index contributed by atoms with van der Waals surface area (Å²) < 4.78 is 4.79. The van der Waals surface area contributed by atoms with Crippen LogP contribution in [-0.2, 0) is 14.4 Å². The maximum Gasteiger partial charge on any atom is 0.221 e. The number of rotatable bonds is 7. The summed E-state index contributed by atoms with van der Waals surface area (Å²) in [6, 6.07) is 0. The Morgan fingerprint density at radius 2 is 2.15 bits per heavy atom. The second kappa shape index (κ2) is 7.97. The highest BCUT2D eigenvalue weighted by atomic mass is 16.7. The van der Waals surface area contributed by atoms with Gasteiger partial charge in [-0.15, -0.1) is 0 Å². The summed E-state index contributed by atoms with van der Waals surface area (Å²) in [4.78, 5) is 15.9. The van der Waals surface area contributed by atoms with E-state index in [4.69, 9.17) is 9.57 Å². The summed E-state index contributed by atoms with van der Waals surface area (Å²) in [5, 5.41) is 4.32. The predicted octanol–water partition coefficient (Wildman–Crippen LogP) is -0.368. The van der Waals surface area contributed by atoms with Crippen LogP contribution in [0.25, 0.3) is 0 Å². The number of hydrogen-bond acceptors (Lipinski definition) is 4. The molecule has 0 aliphatic rings. The van der Waals surface area contributed by atoms with Gasteiger partial charge in [0, 0.05) is 33.7 Å². The molecule has 0 aliphatic carbocycles. The number of amides is 1. The molecular weight excluding hydrogens is 172 g/mol. The normalized spacial score (nSPS) is 10.5. The van der Waals surface area contributed by atoms with Crippen LogP contribution in [0.15, 0.2) is 0 Å². The summed E-state index contributed by atoms with van der Waals surface area (Å²) in [6.07, 6.45) is 0.439. The molecule has 5 nitrogen and oxygen atoms in total. The van der Waals surface area contributed by atoms with Gasteiger partial charge in [0.2, 0.25) is 5.91 Å². The zero-order valence-electron chi connectivity index (χ0n) is 8.50. The molecule has 0 aromatic heterocycles. The highest BCUT2D eigenvalue weighted by molar-refractivity contribution is 5.75. The molecule has 1 amide bonds. The lowest BCUT2D eigenvalue weighted by molar-refractivity contribution is -0.130. The first-order valence-electron chi connectivity index (χ1n) is 4.21. The van der Waals surface area contributed by atoms with E-state index in [1.165, 1.54) is 0 Å². The predicted molar refractivity (Wildman–Crippen MR) is 49.1 cm³/mol. The third-order valence-corrected chi connectivity index (χ3v) is 1.59. The Kier molecular flexibility index (Phi) is 7.57. The molecule has 1 N–H and O–H groups in total. The van der Waals surface area contributed by atoms with Gasteiger partial charge in [-0.2, -0.15) is 5.06 Å². The van der Waals surface area contributed by atoms with Gasteiger partial charge in [0.1, 0.15) is 0 Å². The molecule has 0 heterocycles. The maximum absolute atomic E-state index is 11.1. The average Bonchev–Trinajstić information content (AvgIpc) is 2.14. The molecule has 13 heavy (non-hydrogen) atoms. The highest BCUT2D eigenvalue weighted by Crippen LogP contribution is 1.86. The van der Waals surface area contributed by atoms with Crippen LogP contribution in [0.3, 0.4) is 0 Å². The van der Waals surface area contributed by atoms with Crippen LogP contribution in [0.1, 0.15) is 6.42 Å². The number of ether oxygens (including phenoxy) is 1. The van der Waals surface area contributed by atoms with Gasteiger partial charge in [0.25, 0.3) is 0 Å². The number of hydroxylamine groups is 2. The van der Waals surface area contributed by atoms with E-state index in [0.29, 0.717) is 26.1 Å².